The highest BCUT2D eigenvalue weighted by Crippen LogP contribution is 2.38. The Hall–Kier alpha value is -2.28. The molecule has 0 aromatic heterocycles. The van der Waals surface area contributed by atoms with Crippen LogP contribution in [0.25, 0.3) is 0 Å². The van der Waals surface area contributed by atoms with Crippen LogP contribution in [0, 0.1) is 18.3 Å². The van der Waals surface area contributed by atoms with Crippen molar-refractivity contribution in [3.05, 3.63) is 35.4 Å². The highest BCUT2D eigenvalue weighted by molar-refractivity contribution is 5.94. The van der Waals surface area contributed by atoms with Gasteiger partial charge in [-0.25, -0.2) is 0 Å². The number of hydrogen-bond acceptors (Lipinski definition) is 2. The third kappa shape index (κ3) is 3.24. The lowest BCUT2D eigenvalue weighted by molar-refractivity contribution is -0.119. The smallest absolute Gasteiger partial charge is 0.253 e. The minimum absolute atomic E-state index is 0.0306. The van der Waals surface area contributed by atoms with Gasteiger partial charge in [-0.2, -0.15) is 0 Å². The lowest BCUT2D eigenvalue weighted by Crippen LogP contribution is -2.48. The molecule has 1 unspecified atom stereocenters. The molecule has 3 rings (SSSR count). The molecule has 0 bridgehead atoms. The molecule has 4 nitrogen and oxygen atoms in total. The van der Waals surface area contributed by atoms with Crippen LogP contribution in [-0.2, 0) is 4.79 Å². The van der Waals surface area contributed by atoms with E-state index >= 15 is 0 Å². The molecule has 1 saturated carbocycles. The Morgan fingerprint density at radius 1 is 1.17 bits per heavy atom. The maximum Gasteiger partial charge on any atom is 0.253 e. The molecule has 2 aliphatic rings. The van der Waals surface area contributed by atoms with E-state index in [-0.39, 0.29) is 11.8 Å². The van der Waals surface area contributed by atoms with Gasteiger partial charge in [0.15, 0.2) is 0 Å². The van der Waals surface area contributed by atoms with Crippen LogP contribution in [-0.4, -0.2) is 48.3 Å². The zero-order valence-corrected chi connectivity index (χ0v) is 13.3. The van der Waals surface area contributed by atoms with Crippen LogP contribution in [0.4, 0.5) is 0 Å². The van der Waals surface area contributed by atoms with Crippen LogP contribution in [0.3, 0.4) is 0 Å². The van der Waals surface area contributed by atoms with Gasteiger partial charge < -0.3 is 9.80 Å². The molecule has 1 aromatic carbocycles. The van der Waals surface area contributed by atoms with Gasteiger partial charge in [0.25, 0.3) is 5.91 Å². The second kappa shape index (κ2) is 6.87. The first-order valence-electron chi connectivity index (χ1n) is 8.27. The SMILES string of the molecule is C#CC(c1ccc(C(=O)N2CCN(C=O)CC2)cc1)C1CCC1. The van der Waals surface area contributed by atoms with E-state index < -0.39 is 0 Å². The summed E-state index contributed by atoms with van der Waals surface area (Å²) in [7, 11) is 0. The Morgan fingerprint density at radius 2 is 1.83 bits per heavy atom. The van der Waals surface area contributed by atoms with Gasteiger partial charge in [0.2, 0.25) is 6.41 Å². The van der Waals surface area contributed by atoms with Gasteiger partial charge in [-0.15, -0.1) is 6.42 Å². The van der Waals surface area contributed by atoms with Crippen molar-refractivity contribution in [2.75, 3.05) is 26.2 Å². The molecule has 0 spiro atoms. The normalized spacial score (nSPS) is 19.6. The average molecular weight is 310 g/mol. The third-order valence-electron chi connectivity index (χ3n) is 5.07. The number of amides is 2. The molecule has 1 aromatic rings. The highest BCUT2D eigenvalue weighted by Gasteiger charge is 2.27. The van der Waals surface area contributed by atoms with Crippen molar-refractivity contribution in [2.24, 2.45) is 5.92 Å². The molecular formula is C19H22N2O2. The van der Waals surface area contributed by atoms with Crippen LogP contribution >= 0.6 is 0 Å². The molecule has 2 fully saturated rings. The van der Waals surface area contributed by atoms with Gasteiger partial charge in [0.05, 0.1) is 0 Å². The van der Waals surface area contributed by atoms with Gasteiger partial charge in [0, 0.05) is 37.7 Å². The Kier molecular flexibility index (Phi) is 4.66. The molecule has 120 valence electrons. The second-order valence-corrected chi connectivity index (χ2v) is 6.39. The number of nitrogens with zero attached hydrogens (tertiary/aromatic N) is 2. The van der Waals surface area contributed by atoms with Crippen LogP contribution in [0.1, 0.15) is 41.1 Å². The van der Waals surface area contributed by atoms with Crippen LogP contribution in [0.5, 0.6) is 0 Å². The van der Waals surface area contributed by atoms with Gasteiger partial charge >= 0.3 is 0 Å². The monoisotopic (exact) mass is 310 g/mol. The zero-order valence-electron chi connectivity index (χ0n) is 13.3. The van der Waals surface area contributed by atoms with Crippen molar-refractivity contribution in [3.63, 3.8) is 0 Å². The second-order valence-electron chi connectivity index (χ2n) is 6.39. The predicted octanol–water partition coefficient (Wildman–Crippen LogP) is 2.12. The summed E-state index contributed by atoms with van der Waals surface area (Å²) in [5.41, 5.74) is 1.83. The largest absolute Gasteiger partial charge is 0.342 e. The molecule has 0 radical (unpaired) electrons. The van der Waals surface area contributed by atoms with Crippen LogP contribution in [0.15, 0.2) is 24.3 Å². The van der Waals surface area contributed by atoms with Crippen molar-refractivity contribution in [3.8, 4) is 12.3 Å². The number of hydrogen-bond donors (Lipinski definition) is 0. The van der Waals surface area contributed by atoms with E-state index in [0.717, 1.165) is 12.0 Å². The fourth-order valence-corrected chi connectivity index (χ4v) is 3.32. The van der Waals surface area contributed by atoms with Crippen molar-refractivity contribution in [2.45, 2.75) is 25.2 Å². The molecule has 2 amide bonds. The Morgan fingerprint density at radius 3 is 2.30 bits per heavy atom. The molecule has 1 heterocycles. The Balaban J connectivity index is 1.66. The van der Waals surface area contributed by atoms with Crippen molar-refractivity contribution >= 4 is 12.3 Å². The Bertz CT molecular complexity index is 605. The molecule has 1 saturated heterocycles. The molecule has 1 aliphatic carbocycles. The molecule has 23 heavy (non-hydrogen) atoms. The molecule has 0 N–H and O–H groups in total. The lowest BCUT2D eigenvalue weighted by Gasteiger charge is -2.33. The molecular weight excluding hydrogens is 288 g/mol. The Labute approximate surface area is 137 Å². The van der Waals surface area contributed by atoms with E-state index in [1.165, 1.54) is 19.3 Å². The zero-order chi connectivity index (χ0) is 16.2. The fourth-order valence-electron chi connectivity index (χ4n) is 3.32. The summed E-state index contributed by atoms with van der Waals surface area (Å²) in [6, 6.07) is 7.76. The quantitative estimate of drug-likeness (QED) is 0.631. The summed E-state index contributed by atoms with van der Waals surface area (Å²) in [6.45, 7) is 2.39. The number of terminal acetylenes is 1. The van der Waals surface area contributed by atoms with Crippen molar-refractivity contribution < 1.29 is 9.59 Å². The third-order valence-corrected chi connectivity index (χ3v) is 5.07. The van der Waals surface area contributed by atoms with Gasteiger partial charge in [-0.1, -0.05) is 24.5 Å². The summed E-state index contributed by atoms with van der Waals surface area (Å²) < 4.78 is 0. The van der Waals surface area contributed by atoms with Crippen LogP contribution in [0.2, 0.25) is 0 Å². The van der Waals surface area contributed by atoms with Crippen molar-refractivity contribution in [1.82, 2.24) is 9.80 Å². The minimum Gasteiger partial charge on any atom is -0.342 e. The molecule has 4 heteroatoms. The van der Waals surface area contributed by atoms with Gasteiger partial charge in [0.1, 0.15) is 0 Å². The van der Waals surface area contributed by atoms with Crippen molar-refractivity contribution in [1.29, 1.82) is 0 Å². The topological polar surface area (TPSA) is 40.6 Å². The highest BCUT2D eigenvalue weighted by atomic mass is 16.2. The van der Waals surface area contributed by atoms with E-state index in [0.29, 0.717) is 37.7 Å². The maximum absolute atomic E-state index is 12.5. The average Bonchev–Trinajstić information content (AvgIpc) is 2.57. The summed E-state index contributed by atoms with van der Waals surface area (Å²) in [4.78, 5) is 26.8. The summed E-state index contributed by atoms with van der Waals surface area (Å²) in [5, 5.41) is 0. The number of piperazine rings is 1. The predicted molar refractivity (Wildman–Crippen MR) is 88.9 cm³/mol. The number of benzene rings is 1. The van der Waals surface area contributed by atoms with Crippen LogP contribution < -0.4 is 0 Å². The first kappa shape index (κ1) is 15.6. The van der Waals surface area contributed by atoms with E-state index in [9.17, 15) is 9.59 Å². The number of carbonyl (C=O) groups is 2. The van der Waals surface area contributed by atoms with E-state index in [2.05, 4.69) is 5.92 Å². The maximum atomic E-state index is 12.5. The molecule has 1 aliphatic heterocycles. The van der Waals surface area contributed by atoms with Gasteiger partial charge in [-0.05, 0) is 36.5 Å². The van der Waals surface area contributed by atoms with E-state index in [4.69, 9.17) is 6.42 Å². The summed E-state index contributed by atoms with van der Waals surface area (Å²) in [6.07, 6.45) is 10.2. The lowest BCUT2D eigenvalue weighted by atomic mass is 9.73. The first-order chi connectivity index (χ1) is 11.2. The minimum atomic E-state index is 0.0306. The van der Waals surface area contributed by atoms with E-state index in [1.807, 2.05) is 24.3 Å². The first-order valence-corrected chi connectivity index (χ1v) is 8.27. The molecule has 1 atom stereocenters. The fraction of sp³-hybridized carbons (Fsp3) is 0.474. The standard InChI is InChI=1S/C19H22N2O2/c1-2-18(15-4-3-5-15)16-6-8-17(9-7-16)19(23)21-12-10-20(14-22)11-13-21/h1,6-9,14-15,18H,3-5,10-13H2. The summed E-state index contributed by atoms with van der Waals surface area (Å²) in [5.74, 6) is 3.71. The number of carbonyl (C=O) groups excluding carboxylic acids is 2. The van der Waals surface area contributed by atoms with Gasteiger partial charge in [-0.3, -0.25) is 9.59 Å². The van der Waals surface area contributed by atoms with E-state index in [1.54, 1.807) is 9.80 Å². The number of rotatable bonds is 4. The summed E-state index contributed by atoms with van der Waals surface area (Å²) >= 11 is 0.